The number of alkyl halides is 2. The molecule has 5 heterocycles. The number of hydrogen-bond donors (Lipinski definition) is 1. The van der Waals surface area contributed by atoms with Crippen LogP contribution >= 0.6 is 56.5 Å². The van der Waals surface area contributed by atoms with Gasteiger partial charge in [0.1, 0.15) is 15.7 Å². The van der Waals surface area contributed by atoms with E-state index in [0.717, 1.165) is 31.6 Å². The van der Waals surface area contributed by atoms with Gasteiger partial charge in [-0.1, -0.05) is 0 Å². The number of thiazole rings is 1. The van der Waals surface area contributed by atoms with Crippen molar-refractivity contribution < 1.29 is 14.3 Å². The molecule has 0 aromatic carbocycles. The van der Waals surface area contributed by atoms with Crippen molar-refractivity contribution in [1.82, 2.24) is 15.0 Å². The summed E-state index contributed by atoms with van der Waals surface area (Å²) in [4.78, 5) is 30.2. The van der Waals surface area contributed by atoms with Crippen LogP contribution < -0.4 is 9.80 Å². The zero-order valence-corrected chi connectivity index (χ0v) is 22.5. The van der Waals surface area contributed by atoms with E-state index in [9.17, 15) is 9.90 Å². The van der Waals surface area contributed by atoms with Gasteiger partial charge < -0.3 is 14.9 Å². The van der Waals surface area contributed by atoms with Crippen molar-refractivity contribution in [2.75, 3.05) is 29.4 Å². The molecule has 0 saturated carbocycles. The SMILES string of the molecule is O=C1c2sc(-c3ccc(N4CCC(C(O)(I)I)CC4)nc3F)nc2CCN1c1cccnc1. The number of halogens is 3. The summed E-state index contributed by atoms with van der Waals surface area (Å²) < 4.78 is 14.3. The van der Waals surface area contributed by atoms with Crippen molar-refractivity contribution in [3.05, 3.63) is 53.2 Å². The zero-order valence-electron chi connectivity index (χ0n) is 17.4. The highest BCUT2D eigenvalue weighted by molar-refractivity contribution is 14.2. The Labute approximate surface area is 221 Å². The molecule has 172 valence electrons. The minimum atomic E-state index is -0.766. The summed E-state index contributed by atoms with van der Waals surface area (Å²) in [5.74, 6) is 0.0627. The Bertz CT molecular complexity index is 1180. The Hall–Kier alpha value is -1.45. The van der Waals surface area contributed by atoms with Crippen molar-refractivity contribution in [2.24, 2.45) is 5.92 Å². The van der Waals surface area contributed by atoms with E-state index >= 15 is 4.39 Å². The maximum absolute atomic E-state index is 15.0. The molecule has 0 aliphatic carbocycles. The summed E-state index contributed by atoms with van der Waals surface area (Å²) in [5.41, 5.74) is 1.76. The van der Waals surface area contributed by atoms with Crippen LogP contribution in [0.3, 0.4) is 0 Å². The number of amides is 1. The van der Waals surface area contributed by atoms with Crippen molar-refractivity contribution in [3.63, 3.8) is 0 Å². The minimum Gasteiger partial charge on any atom is -0.370 e. The topological polar surface area (TPSA) is 82.5 Å². The van der Waals surface area contributed by atoms with Crippen molar-refractivity contribution in [1.29, 1.82) is 0 Å². The van der Waals surface area contributed by atoms with Gasteiger partial charge in [-0.15, -0.1) is 11.3 Å². The van der Waals surface area contributed by atoms with Crippen LogP contribution in [0.15, 0.2) is 36.7 Å². The Morgan fingerprint density at radius 2 is 1.94 bits per heavy atom. The molecular formula is C22H20FI2N5O2S. The highest BCUT2D eigenvalue weighted by Crippen LogP contribution is 2.40. The van der Waals surface area contributed by atoms with Gasteiger partial charge in [0.2, 0.25) is 5.95 Å². The summed E-state index contributed by atoms with van der Waals surface area (Å²) in [5, 5.41) is 10.7. The zero-order chi connectivity index (χ0) is 23.2. The molecule has 2 aliphatic rings. The molecule has 1 saturated heterocycles. The predicted octanol–water partition coefficient (Wildman–Crippen LogP) is 4.67. The Kier molecular flexibility index (Phi) is 6.57. The molecule has 5 rings (SSSR count). The molecule has 0 unspecified atom stereocenters. The van der Waals surface area contributed by atoms with Crippen LogP contribution in [0, 0.1) is 11.9 Å². The Morgan fingerprint density at radius 3 is 2.61 bits per heavy atom. The summed E-state index contributed by atoms with van der Waals surface area (Å²) in [6.45, 7) is 1.95. The second-order valence-electron chi connectivity index (χ2n) is 8.07. The predicted molar refractivity (Wildman–Crippen MR) is 143 cm³/mol. The van der Waals surface area contributed by atoms with E-state index in [0.29, 0.717) is 39.9 Å². The average molecular weight is 691 g/mol. The molecular weight excluding hydrogens is 671 g/mol. The normalized spacial score (nSPS) is 17.4. The molecule has 2 aliphatic heterocycles. The lowest BCUT2D eigenvalue weighted by molar-refractivity contribution is 0.0984. The number of carbonyl (C=O) groups is 1. The first-order chi connectivity index (χ1) is 15.8. The standard InChI is InChI=1S/C22H20FI2N5O2S/c23-19-15(3-4-17(28-19)29-9-5-13(6-10-29)22(24,25)32)20-27-16-7-11-30(21(31)18(16)33-20)14-2-1-8-26-12-14/h1-4,8,12-13,32H,5-7,9-11H2. The Morgan fingerprint density at radius 1 is 1.15 bits per heavy atom. The number of hydrogen-bond acceptors (Lipinski definition) is 7. The number of rotatable bonds is 4. The number of aliphatic hydroxyl groups is 1. The third kappa shape index (κ3) is 4.73. The summed E-state index contributed by atoms with van der Waals surface area (Å²) in [6, 6.07) is 7.16. The van der Waals surface area contributed by atoms with E-state index in [1.54, 1.807) is 29.4 Å². The highest BCUT2D eigenvalue weighted by atomic mass is 127. The fourth-order valence-electron chi connectivity index (χ4n) is 4.22. The monoisotopic (exact) mass is 691 g/mol. The van der Waals surface area contributed by atoms with Crippen LogP contribution in [0.2, 0.25) is 0 Å². The number of nitrogens with zero attached hydrogens (tertiary/aromatic N) is 5. The van der Waals surface area contributed by atoms with E-state index in [4.69, 9.17) is 0 Å². The van der Waals surface area contributed by atoms with Crippen LogP contribution in [0.5, 0.6) is 0 Å². The molecule has 3 aromatic heterocycles. The highest BCUT2D eigenvalue weighted by Gasteiger charge is 2.34. The first kappa shape index (κ1) is 23.3. The van der Waals surface area contributed by atoms with Crippen LogP contribution in [-0.2, 0) is 6.42 Å². The third-order valence-corrected chi connectivity index (χ3v) is 8.92. The molecule has 1 N–H and O–H groups in total. The van der Waals surface area contributed by atoms with Gasteiger partial charge in [0.25, 0.3) is 5.91 Å². The maximum atomic E-state index is 15.0. The van der Waals surface area contributed by atoms with Gasteiger partial charge in [0.05, 0.1) is 23.1 Å². The first-order valence-corrected chi connectivity index (χ1v) is 13.5. The van der Waals surface area contributed by atoms with Gasteiger partial charge in [-0.3, -0.25) is 9.78 Å². The summed E-state index contributed by atoms with van der Waals surface area (Å²) in [6.07, 6.45) is 5.58. The van der Waals surface area contributed by atoms with Gasteiger partial charge in [0.15, 0.2) is 1.61 Å². The molecule has 11 heteroatoms. The molecule has 7 nitrogen and oxygen atoms in total. The summed E-state index contributed by atoms with van der Waals surface area (Å²) >= 11 is 5.34. The molecule has 0 radical (unpaired) electrons. The molecule has 0 atom stereocenters. The fraction of sp³-hybridized carbons (Fsp3) is 0.364. The van der Waals surface area contributed by atoms with Crippen molar-refractivity contribution in [3.8, 4) is 10.6 Å². The number of pyridine rings is 2. The molecule has 0 spiro atoms. The van der Waals surface area contributed by atoms with Gasteiger partial charge >= 0.3 is 0 Å². The molecule has 3 aromatic rings. The van der Waals surface area contributed by atoms with Gasteiger partial charge in [0, 0.05) is 38.2 Å². The van der Waals surface area contributed by atoms with Crippen molar-refractivity contribution in [2.45, 2.75) is 20.9 Å². The molecule has 33 heavy (non-hydrogen) atoms. The van der Waals surface area contributed by atoms with E-state index in [1.807, 2.05) is 17.0 Å². The largest absolute Gasteiger partial charge is 0.370 e. The molecule has 0 bridgehead atoms. The maximum Gasteiger partial charge on any atom is 0.270 e. The van der Waals surface area contributed by atoms with Gasteiger partial charge in [-0.25, -0.2) is 9.97 Å². The quantitative estimate of drug-likeness (QED) is 0.244. The number of piperidine rings is 1. The van der Waals surface area contributed by atoms with Crippen LogP contribution in [0.4, 0.5) is 15.9 Å². The van der Waals surface area contributed by atoms with E-state index in [-0.39, 0.29) is 11.8 Å². The fourth-order valence-corrected chi connectivity index (χ4v) is 6.54. The lowest BCUT2D eigenvalue weighted by Gasteiger charge is -2.36. The van der Waals surface area contributed by atoms with Crippen LogP contribution in [0.25, 0.3) is 10.6 Å². The van der Waals surface area contributed by atoms with Gasteiger partial charge in [-0.05, 0) is 82.3 Å². The van der Waals surface area contributed by atoms with Gasteiger partial charge in [-0.2, -0.15) is 4.39 Å². The average Bonchev–Trinajstić information content (AvgIpc) is 3.24. The third-order valence-electron chi connectivity index (χ3n) is 6.04. The van der Waals surface area contributed by atoms with E-state index < -0.39 is 7.56 Å². The van der Waals surface area contributed by atoms with E-state index in [1.165, 1.54) is 11.3 Å². The smallest absolute Gasteiger partial charge is 0.270 e. The second-order valence-corrected chi connectivity index (χ2v) is 14.4. The van der Waals surface area contributed by atoms with E-state index in [2.05, 4.69) is 60.1 Å². The molecule has 1 fully saturated rings. The number of carbonyl (C=O) groups excluding carboxylic acids is 1. The van der Waals surface area contributed by atoms with Crippen LogP contribution in [-0.4, -0.2) is 47.2 Å². The number of aromatic nitrogens is 3. The lowest BCUT2D eigenvalue weighted by Crippen LogP contribution is -2.39. The summed E-state index contributed by atoms with van der Waals surface area (Å²) in [7, 11) is 0. The first-order valence-electron chi connectivity index (χ1n) is 10.5. The minimum absolute atomic E-state index is 0.133. The number of anilines is 2. The Balaban J connectivity index is 1.35. The van der Waals surface area contributed by atoms with Crippen LogP contribution in [0.1, 0.15) is 28.2 Å². The van der Waals surface area contributed by atoms with Crippen molar-refractivity contribution >= 4 is 73.9 Å². The molecule has 1 amide bonds. The number of fused-ring (bicyclic) bond motifs is 1. The lowest BCUT2D eigenvalue weighted by atomic mass is 9.98. The second kappa shape index (κ2) is 9.30.